The molecule has 2 aromatic rings. The smallest absolute Gasteiger partial charge is 0.221 e. The highest BCUT2D eigenvalue weighted by atomic mass is 79.9. The number of fused-ring (bicyclic) bond motifs is 1. The van der Waals surface area contributed by atoms with Crippen LogP contribution in [0, 0.1) is 6.92 Å². The van der Waals surface area contributed by atoms with E-state index in [1.54, 1.807) is 0 Å². The Morgan fingerprint density at radius 1 is 1.50 bits per heavy atom. The lowest BCUT2D eigenvalue weighted by Gasteiger charge is -1.99. The van der Waals surface area contributed by atoms with Gasteiger partial charge in [0, 0.05) is 28.1 Å². The van der Waals surface area contributed by atoms with E-state index >= 15 is 0 Å². The average molecular weight is 281 g/mol. The van der Waals surface area contributed by atoms with Crippen molar-refractivity contribution in [1.82, 2.24) is 4.57 Å². The van der Waals surface area contributed by atoms with Crippen molar-refractivity contribution < 1.29 is 4.79 Å². The van der Waals surface area contributed by atoms with Crippen molar-refractivity contribution in [2.24, 2.45) is 12.8 Å². The fourth-order valence-electron chi connectivity index (χ4n) is 2.02. The minimum atomic E-state index is -0.296. The first kappa shape index (κ1) is 11.2. The number of hydrogen-bond donors (Lipinski definition) is 1. The predicted molar refractivity (Wildman–Crippen MR) is 68.3 cm³/mol. The maximum atomic E-state index is 11.1. The van der Waals surface area contributed by atoms with Crippen LogP contribution in [-0.2, 0) is 18.3 Å². The largest absolute Gasteiger partial charge is 0.369 e. The van der Waals surface area contributed by atoms with Gasteiger partial charge in [-0.2, -0.15) is 0 Å². The Kier molecular flexibility index (Phi) is 2.76. The molecule has 0 aliphatic carbocycles. The fourth-order valence-corrected chi connectivity index (χ4v) is 2.38. The quantitative estimate of drug-likeness (QED) is 0.902. The summed E-state index contributed by atoms with van der Waals surface area (Å²) in [7, 11) is 2.00. The molecule has 0 saturated heterocycles. The van der Waals surface area contributed by atoms with Crippen LogP contribution in [0.2, 0.25) is 0 Å². The Balaban J connectivity index is 2.75. The first-order valence-electron chi connectivity index (χ1n) is 5.02. The number of amides is 1. The van der Waals surface area contributed by atoms with Crippen LogP contribution in [0.1, 0.15) is 11.3 Å². The summed E-state index contributed by atoms with van der Waals surface area (Å²) in [6.07, 6.45) is 0.291. The highest BCUT2D eigenvalue weighted by Crippen LogP contribution is 2.28. The molecule has 0 unspecified atom stereocenters. The Hall–Kier alpha value is -1.29. The van der Waals surface area contributed by atoms with Crippen molar-refractivity contribution in [2.75, 3.05) is 0 Å². The summed E-state index contributed by atoms with van der Waals surface area (Å²) in [6.45, 7) is 2.01. The second kappa shape index (κ2) is 3.94. The third kappa shape index (κ3) is 1.73. The van der Waals surface area contributed by atoms with E-state index in [2.05, 4.69) is 20.5 Å². The van der Waals surface area contributed by atoms with Gasteiger partial charge in [-0.05, 0) is 30.7 Å². The van der Waals surface area contributed by atoms with Gasteiger partial charge >= 0.3 is 0 Å². The Bertz CT molecular complexity index is 572. The molecule has 0 aliphatic heterocycles. The Labute approximate surface area is 102 Å². The highest BCUT2D eigenvalue weighted by Gasteiger charge is 2.13. The fraction of sp³-hybridized carbons (Fsp3) is 0.250. The number of rotatable bonds is 2. The molecule has 2 N–H and O–H groups in total. The van der Waals surface area contributed by atoms with Crippen molar-refractivity contribution in [3.05, 3.63) is 33.9 Å². The van der Waals surface area contributed by atoms with Crippen LogP contribution in [-0.4, -0.2) is 10.5 Å². The molecule has 16 heavy (non-hydrogen) atoms. The predicted octanol–water partition coefficient (Wildman–Crippen LogP) is 2.28. The van der Waals surface area contributed by atoms with Gasteiger partial charge in [0.25, 0.3) is 0 Å². The molecule has 0 atom stereocenters. The Morgan fingerprint density at radius 2 is 2.19 bits per heavy atom. The summed E-state index contributed by atoms with van der Waals surface area (Å²) in [4.78, 5) is 11.1. The third-order valence-corrected chi connectivity index (χ3v) is 3.43. The second-order valence-electron chi connectivity index (χ2n) is 3.93. The first-order valence-corrected chi connectivity index (χ1v) is 5.81. The maximum Gasteiger partial charge on any atom is 0.221 e. The molecule has 0 saturated carbocycles. The molecule has 1 aromatic heterocycles. The van der Waals surface area contributed by atoms with Gasteiger partial charge in [-0.1, -0.05) is 15.9 Å². The van der Waals surface area contributed by atoms with Gasteiger partial charge < -0.3 is 10.3 Å². The van der Waals surface area contributed by atoms with E-state index < -0.39 is 0 Å². The molecule has 3 nitrogen and oxygen atoms in total. The number of nitrogens with zero attached hydrogens (tertiary/aromatic N) is 1. The zero-order valence-corrected chi connectivity index (χ0v) is 10.8. The maximum absolute atomic E-state index is 11.1. The summed E-state index contributed by atoms with van der Waals surface area (Å²) >= 11 is 3.44. The zero-order valence-electron chi connectivity index (χ0n) is 9.25. The summed E-state index contributed by atoms with van der Waals surface area (Å²) in [5.41, 5.74) is 8.50. The number of carbonyl (C=O) groups is 1. The lowest BCUT2D eigenvalue weighted by atomic mass is 10.1. The standard InChI is InChI=1S/C12H13BrN2O/c1-7-9(6-12(14)16)10-5-8(13)3-4-11(10)15(7)2/h3-5H,6H2,1-2H3,(H2,14,16). The molecule has 1 amide bonds. The summed E-state index contributed by atoms with van der Waals surface area (Å²) in [5.74, 6) is -0.296. The van der Waals surface area contributed by atoms with Crippen LogP contribution in [0.5, 0.6) is 0 Å². The average Bonchev–Trinajstić information content (AvgIpc) is 2.43. The van der Waals surface area contributed by atoms with Crippen LogP contribution in [0.4, 0.5) is 0 Å². The van der Waals surface area contributed by atoms with E-state index in [1.165, 1.54) is 0 Å². The number of primary amides is 1. The SMILES string of the molecule is Cc1c(CC(N)=O)c2cc(Br)ccc2n1C. The van der Waals surface area contributed by atoms with E-state index in [9.17, 15) is 4.79 Å². The highest BCUT2D eigenvalue weighted by molar-refractivity contribution is 9.10. The molecular formula is C12H13BrN2O. The molecular weight excluding hydrogens is 268 g/mol. The van der Waals surface area contributed by atoms with Gasteiger partial charge in [-0.15, -0.1) is 0 Å². The molecule has 0 bridgehead atoms. The van der Waals surface area contributed by atoms with Crippen LogP contribution in [0.3, 0.4) is 0 Å². The Morgan fingerprint density at radius 3 is 2.81 bits per heavy atom. The molecule has 0 spiro atoms. The third-order valence-electron chi connectivity index (χ3n) is 2.94. The zero-order chi connectivity index (χ0) is 11.9. The molecule has 84 valence electrons. The lowest BCUT2D eigenvalue weighted by Crippen LogP contribution is -2.14. The number of aryl methyl sites for hydroxylation is 1. The van der Waals surface area contributed by atoms with Gasteiger partial charge in [0.05, 0.1) is 6.42 Å². The van der Waals surface area contributed by atoms with E-state index in [-0.39, 0.29) is 5.91 Å². The van der Waals surface area contributed by atoms with E-state index in [0.717, 1.165) is 26.6 Å². The number of aromatic nitrogens is 1. The van der Waals surface area contributed by atoms with E-state index in [1.807, 2.05) is 32.2 Å². The van der Waals surface area contributed by atoms with Crippen LogP contribution in [0.25, 0.3) is 10.9 Å². The van der Waals surface area contributed by atoms with Gasteiger partial charge in [0.2, 0.25) is 5.91 Å². The number of benzene rings is 1. The monoisotopic (exact) mass is 280 g/mol. The topological polar surface area (TPSA) is 48.0 Å². The van der Waals surface area contributed by atoms with Crippen LogP contribution in [0.15, 0.2) is 22.7 Å². The number of nitrogens with two attached hydrogens (primary N) is 1. The van der Waals surface area contributed by atoms with Crippen molar-refractivity contribution in [3.8, 4) is 0 Å². The number of halogens is 1. The molecule has 1 aromatic carbocycles. The van der Waals surface area contributed by atoms with Crippen molar-refractivity contribution in [2.45, 2.75) is 13.3 Å². The minimum absolute atomic E-state index is 0.291. The van der Waals surface area contributed by atoms with E-state index in [4.69, 9.17) is 5.73 Å². The molecule has 0 aliphatic rings. The molecule has 4 heteroatoms. The number of carbonyl (C=O) groups excluding carboxylic acids is 1. The van der Waals surface area contributed by atoms with Gasteiger partial charge in [0.1, 0.15) is 0 Å². The number of hydrogen-bond acceptors (Lipinski definition) is 1. The first-order chi connectivity index (χ1) is 7.50. The summed E-state index contributed by atoms with van der Waals surface area (Å²) < 4.78 is 3.09. The van der Waals surface area contributed by atoms with Gasteiger partial charge in [-0.25, -0.2) is 0 Å². The van der Waals surface area contributed by atoms with Crippen LogP contribution < -0.4 is 5.73 Å². The minimum Gasteiger partial charge on any atom is -0.369 e. The molecule has 2 rings (SSSR count). The normalized spacial score (nSPS) is 10.9. The molecule has 0 fully saturated rings. The second-order valence-corrected chi connectivity index (χ2v) is 4.84. The van der Waals surface area contributed by atoms with Gasteiger partial charge in [-0.3, -0.25) is 4.79 Å². The lowest BCUT2D eigenvalue weighted by molar-refractivity contribution is -0.117. The molecule has 0 radical (unpaired) electrons. The molecule has 1 heterocycles. The van der Waals surface area contributed by atoms with Crippen LogP contribution >= 0.6 is 15.9 Å². The summed E-state index contributed by atoms with van der Waals surface area (Å²) in [5, 5.41) is 1.09. The van der Waals surface area contributed by atoms with Crippen molar-refractivity contribution in [3.63, 3.8) is 0 Å². The summed E-state index contributed by atoms with van der Waals surface area (Å²) in [6, 6.07) is 6.06. The van der Waals surface area contributed by atoms with Crippen molar-refractivity contribution >= 4 is 32.7 Å². The van der Waals surface area contributed by atoms with Crippen molar-refractivity contribution in [1.29, 1.82) is 0 Å². The van der Waals surface area contributed by atoms with Gasteiger partial charge in [0.15, 0.2) is 0 Å². The van der Waals surface area contributed by atoms with E-state index in [0.29, 0.717) is 6.42 Å².